The molecule has 0 spiro atoms. The van der Waals surface area contributed by atoms with Gasteiger partial charge in [-0.15, -0.1) is 0 Å². The highest BCUT2D eigenvalue weighted by molar-refractivity contribution is 9.10. The van der Waals surface area contributed by atoms with Crippen molar-refractivity contribution in [2.45, 2.75) is 0 Å². The van der Waals surface area contributed by atoms with Crippen molar-refractivity contribution in [1.82, 2.24) is 0 Å². The van der Waals surface area contributed by atoms with Crippen molar-refractivity contribution in [1.29, 1.82) is 0 Å². The Morgan fingerprint density at radius 1 is 1.16 bits per heavy atom. The minimum atomic E-state index is -0.605. The summed E-state index contributed by atoms with van der Waals surface area (Å²) in [5, 5.41) is 21.3. The van der Waals surface area contributed by atoms with Gasteiger partial charge in [0.25, 0.3) is 5.91 Å². The van der Waals surface area contributed by atoms with Crippen molar-refractivity contribution < 1.29 is 19.4 Å². The largest absolute Gasteiger partial charge is 0.508 e. The molecule has 0 aromatic heterocycles. The lowest BCUT2D eigenvalue weighted by atomic mass is 10.1. The van der Waals surface area contributed by atoms with Gasteiger partial charge in [-0.1, -0.05) is 0 Å². The van der Waals surface area contributed by atoms with Crippen LogP contribution in [0.4, 0.5) is 10.1 Å². The van der Waals surface area contributed by atoms with E-state index in [-0.39, 0.29) is 21.5 Å². The van der Waals surface area contributed by atoms with E-state index < -0.39 is 11.7 Å². The molecule has 0 saturated carbocycles. The minimum absolute atomic E-state index is 0.0690. The molecule has 3 N–H and O–H groups in total. The second-order valence-corrected chi connectivity index (χ2v) is 4.64. The molecule has 0 heterocycles. The summed E-state index contributed by atoms with van der Waals surface area (Å²) in [5.41, 5.74) is 0.293. The maximum Gasteiger partial charge on any atom is 0.259 e. The number of phenolic OH excluding ortho intramolecular Hbond substituents is 2. The molecule has 4 nitrogen and oxygen atoms in total. The Balaban J connectivity index is 2.25. The predicted octanol–water partition coefficient (Wildman–Crippen LogP) is 3.25. The lowest BCUT2D eigenvalue weighted by Crippen LogP contribution is -2.12. The molecule has 0 atom stereocenters. The van der Waals surface area contributed by atoms with E-state index in [1.54, 1.807) is 0 Å². The summed E-state index contributed by atoms with van der Waals surface area (Å²) in [7, 11) is 0. The van der Waals surface area contributed by atoms with E-state index in [0.717, 1.165) is 6.07 Å². The standard InChI is InChI=1S/C13H9BrFNO3/c14-10-5-7(1-3-11(10)15)16-13(19)9-6-8(17)2-4-12(9)18/h1-6,17-18H,(H,16,19). The first kappa shape index (κ1) is 13.4. The van der Waals surface area contributed by atoms with Crippen LogP contribution in [0.5, 0.6) is 11.5 Å². The molecule has 2 aromatic rings. The zero-order valence-electron chi connectivity index (χ0n) is 9.52. The van der Waals surface area contributed by atoms with Crippen molar-refractivity contribution in [2.75, 3.05) is 5.32 Å². The molecule has 2 rings (SSSR count). The van der Waals surface area contributed by atoms with E-state index in [1.807, 2.05) is 0 Å². The van der Waals surface area contributed by atoms with Crippen molar-refractivity contribution in [3.8, 4) is 11.5 Å². The zero-order chi connectivity index (χ0) is 14.0. The monoisotopic (exact) mass is 325 g/mol. The number of phenols is 2. The molecule has 0 radical (unpaired) electrons. The van der Waals surface area contributed by atoms with Crippen LogP contribution in [-0.4, -0.2) is 16.1 Å². The zero-order valence-corrected chi connectivity index (χ0v) is 11.1. The molecule has 0 aliphatic heterocycles. The Bertz CT molecular complexity index is 646. The van der Waals surface area contributed by atoms with Gasteiger partial charge in [0.05, 0.1) is 10.0 Å². The SMILES string of the molecule is O=C(Nc1ccc(F)c(Br)c1)c1cc(O)ccc1O. The molecular formula is C13H9BrFNO3. The Morgan fingerprint density at radius 2 is 1.89 bits per heavy atom. The number of benzene rings is 2. The summed E-state index contributed by atoms with van der Waals surface area (Å²) in [4.78, 5) is 11.9. The third-order valence-corrected chi connectivity index (χ3v) is 3.01. The highest BCUT2D eigenvalue weighted by atomic mass is 79.9. The molecule has 0 saturated heterocycles. The maximum absolute atomic E-state index is 13.0. The lowest BCUT2D eigenvalue weighted by molar-refractivity contribution is 0.102. The van der Waals surface area contributed by atoms with Gasteiger partial charge in [0, 0.05) is 5.69 Å². The van der Waals surface area contributed by atoms with Crippen LogP contribution in [0.3, 0.4) is 0 Å². The predicted molar refractivity (Wildman–Crippen MR) is 71.8 cm³/mol. The number of aromatic hydroxyl groups is 2. The molecule has 0 aliphatic carbocycles. The number of rotatable bonds is 2. The molecule has 98 valence electrons. The van der Waals surface area contributed by atoms with Gasteiger partial charge in [-0.3, -0.25) is 4.79 Å². The Morgan fingerprint density at radius 3 is 2.58 bits per heavy atom. The number of carbonyl (C=O) groups excluding carboxylic acids is 1. The van der Waals surface area contributed by atoms with Gasteiger partial charge in [-0.05, 0) is 52.3 Å². The van der Waals surface area contributed by atoms with Gasteiger partial charge in [-0.2, -0.15) is 0 Å². The number of nitrogens with one attached hydrogen (secondary N) is 1. The van der Waals surface area contributed by atoms with Crippen LogP contribution in [0.25, 0.3) is 0 Å². The molecule has 1 amide bonds. The van der Waals surface area contributed by atoms with Crippen LogP contribution in [0.15, 0.2) is 40.9 Å². The first-order valence-corrected chi connectivity index (χ1v) is 6.05. The number of hydrogen-bond acceptors (Lipinski definition) is 3. The molecule has 0 aliphatic rings. The second kappa shape index (κ2) is 5.27. The van der Waals surface area contributed by atoms with E-state index >= 15 is 0 Å². The molecule has 19 heavy (non-hydrogen) atoms. The topological polar surface area (TPSA) is 69.6 Å². The van der Waals surface area contributed by atoms with Crippen LogP contribution in [0.1, 0.15) is 10.4 Å². The van der Waals surface area contributed by atoms with Gasteiger partial charge in [-0.25, -0.2) is 4.39 Å². The highest BCUT2D eigenvalue weighted by Gasteiger charge is 2.12. The lowest BCUT2D eigenvalue weighted by Gasteiger charge is -2.08. The van der Waals surface area contributed by atoms with Crippen LogP contribution in [0, 0.1) is 5.82 Å². The number of amides is 1. The number of anilines is 1. The highest BCUT2D eigenvalue weighted by Crippen LogP contribution is 2.24. The van der Waals surface area contributed by atoms with Crippen LogP contribution >= 0.6 is 15.9 Å². The maximum atomic E-state index is 13.0. The summed E-state index contributed by atoms with van der Waals surface area (Å²) in [6, 6.07) is 7.60. The molecule has 0 fully saturated rings. The van der Waals surface area contributed by atoms with Gasteiger partial charge in [0.15, 0.2) is 0 Å². The minimum Gasteiger partial charge on any atom is -0.508 e. The number of carbonyl (C=O) groups is 1. The second-order valence-electron chi connectivity index (χ2n) is 3.78. The Hall–Kier alpha value is -2.08. The first-order chi connectivity index (χ1) is 8.97. The van der Waals surface area contributed by atoms with Crippen LogP contribution in [-0.2, 0) is 0 Å². The Kier molecular flexibility index (Phi) is 3.71. The molecular weight excluding hydrogens is 317 g/mol. The van der Waals surface area contributed by atoms with Gasteiger partial charge in [0.1, 0.15) is 17.3 Å². The average Bonchev–Trinajstić information content (AvgIpc) is 2.36. The van der Waals surface area contributed by atoms with Gasteiger partial charge < -0.3 is 15.5 Å². The summed E-state index contributed by atoms with van der Waals surface area (Å²) >= 11 is 3.00. The van der Waals surface area contributed by atoms with E-state index in [4.69, 9.17) is 0 Å². The summed E-state index contributed by atoms with van der Waals surface area (Å²) in [6.07, 6.45) is 0. The van der Waals surface area contributed by atoms with E-state index in [2.05, 4.69) is 21.2 Å². The van der Waals surface area contributed by atoms with E-state index in [0.29, 0.717) is 5.69 Å². The average molecular weight is 326 g/mol. The number of hydrogen-bond donors (Lipinski definition) is 3. The van der Waals surface area contributed by atoms with Gasteiger partial charge >= 0.3 is 0 Å². The van der Waals surface area contributed by atoms with E-state index in [9.17, 15) is 19.4 Å². The fourth-order valence-electron chi connectivity index (χ4n) is 1.48. The molecule has 0 bridgehead atoms. The Labute approximate surface area is 116 Å². The fourth-order valence-corrected chi connectivity index (χ4v) is 1.86. The van der Waals surface area contributed by atoms with Crippen LogP contribution < -0.4 is 5.32 Å². The van der Waals surface area contributed by atoms with Crippen LogP contribution in [0.2, 0.25) is 0 Å². The molecule has 2 aromatic carbocycles. The summed E-state index contributed by atoms with van der Waals surface area (Å²) in [5.74, 6) is -1.44. The van der Waals surface area contributed by atoms with Crippen molar-refractivity contribution in [3.63, 3.8) is 0 Å². The summed E-state index contributed by atoms with van der Waals surface area (Å²) < 4.78 is 13.3. The summed E-state index contributed by atoms with van der Waals surface area (Å²) in [6.45, 7) is 0. The quantitative estimate of drug-likeness (QED) is 0.742. The smallest absolute Gasteiger partial charge is 0.259 e. The van der Waals surface area contributed by atoms with Crippen molar-refractivity contribution in [3.05, 3.63) is 52.3 Å². The molecule has 6 heteroatoms. The fraction of sp³-hybridized carbons (Fsp3) is 0. The van der Waals surface area contributed by atoms with Gasteiger partial charge in [0.2, 0.25) is 0 Å². The third kappa shape index (κ3) is 3.03. The third-order valence-electron chi connectivity index (χ3n) is 2.40. The van der Waals surface area contributed by atoms with Crippen molar-refractivity contribution >= 4 is 27.5 Å². The van der Waals surface area contributed by atoms with E-state index in [1.165, 1.54) is 30.3 Å². The van der Waals surface area contributed by atoms with Crippen molar-refractivity contribution in [2.24, 2.45) is 0 Å². The molecule has 0 unspecified atom stereocenters. The normalized spacial score (nSPS) is 10.2. The number of halogens is 2. The first-order valence-electron chi connectivity index (χ1n) is 5.26.